The fourth-order valence-corrected chi connectivity index (χ4v) is 4.96. The van der Waals surface area contributed by atoms with Crippen molar-refractivity contribution in [3.05, 3.63) is 65.4 Å². The number of carbonyl (C=O) groups is 1. The Hall–Kier alpha value is -3.75. The summed E-state index contributed by atoms with van der Waals surface area (Å²) in [4.78, 5) is 24.2. The lowest BCUT2D eigenvalue weighted by Crippen LogP contribution is -2.43. The van der Waals surface area contributed by atoms with E-state index in [1.165, 1.54) is 12.1 Å². The SMILES string of the molecule is C/C(N)=C1/C(=N)C[C@H](c2ccc(F)cc2-c2cccnc2)C/C1=N\OC1CCN(C(=O)OC(C)(C)C)CC1. The van der Waals surface area contributed by atoms with Gasteiger partial charge in [0, 0.05) is 67.3 Å². The van der Waals surface area contributed by atoms with Gasteiger partial charge in [0.25, 0.3) is 0 Å². The Balaban J connectivity index is 1.52. The number of carbonyl (C=O) groups excluding carboxylic acids is 1. The number of oxime groups is 1. The van der Waals surface area contributed by atoms with E-state index in [1.54, 1.807) is 30.3 Å². The summed E-state index contributed by atoms with van der Waals surface area (Å²) >= 11 is 0. The van der Waals surface area contributed by atoms with Gasteiger partial charge >= 0.3 is 6.09 Å². The van der Waals surface area contributed by atoms with Gasteiger partial charge in [0.1, 0.15) is 17.5 Å². The number of amides is 1. The number of aromatic nitrogens is 1. The first-order valence-electron chi connectivity index (χ1n) is 13.0. The van der Waals surface area contributed by atoms with Gasteiger partial charge in [-0.05, 0) is 69.4 Å². The first-order chi connectivity index (χ1) is 18.0. The van der Waals surface area contributed by atoms with Crippen molar-refractivity contribution in [1.29, 1.82) is 5.41 Å². The minimum absolute atomic E-state index is 0.0993. The number of nitrogens with zero attached hydrogens (tertiary/aromatic N) is 3. The number of hydrogen-bond acceptors (Lipinski definition) is 7. The third kappa shape index (κ3) is 6.57. The van der Waals surface area contributed by atoms with Crippen molar-refractivity contribution >= 4 is 17.5 Å². The molecule has 0 unspecified atom stereocenters. The standard InChI is InChI=1S/C29H36FN5O3/c1-18(31)27-25(32)14-20(23-8-7-21(30)16-24(23)19-6-5-11-33-17-19)15-26(27)34-38-22-9-12-35(13-10-22)28(36)37-29(2,3)4/h5-8,11,16-17,20,22,32H,9-10,12-15,31H2,1-4H3/b27-18+,32-25?,34-26+/t20-/m0/s1. The van der Waals surface area contributed by atoms with Crippen LogP contribution in [0.3, 0.4) is 0 Å². The second kappa shape index (κ2) is 11.3. The molecule has 2 aliphatic rings. The first-order valence-corrected chi connectivity index (χ1v) is 13.0. The summed E-state index contributed by atoms with van der Waals surface area (Å²) in [6.45, 7) is 8.35. The molecule has 1 saturated carbocycles. The molecule has 0 radical (unpaired) electrons. The van der Waals surface area contributed by atoms with Gasteiger partial charge in [-0.15, -0.1) is 0 Å². The molecule has 9 heteroatoms. The number of likely N-dealkylation sites (tertiary alicyclic amines) is 1. The molecule has 1 aliphatic heterocycles. The van der Waals surface area contributed by atoms with E-state index in [4.69, 9.17) is 20.7 Å². The van der Waals surface area contributed by atoms with Crippen LogP contribution in [-0.2, 0) is 9.57 Å². The summed E-state index contributed by atoms with van der Waals surface area (Å²) < 4.78 is 19.7. The van der Waals surface area contributed by atoms with Crippen LogP contribution >= 0.6 is 0 Å². The van der Waals surface area contributed by atoms with Gasteiger partial charge in [-0.1, -0.05) is 17.3 Å². The van der Waals surface area contributed by atoms with Crippen molar-refractivity contribution in [2.45, 2.75) is 71.0 Å². The second-order valence-electron chi connectivity index (χ2n) is 10.9. The predicted molar refractivity (Wildman–Crippen MR) is 146 cm³/mol. The topological polar surface area (TPSA) is 114 Å². The number of ether oxygens (including phenoxy) is 1. The molecular formula is C29H36FN5O3. The lowest BCUT2D eigenvalue weighted by atomic mass is 9.76. The first kappa shape index (κ1) is 27.3. The highest BCUT2D eigenvalue weighted by molar-refractivity contribution is 6.25. The largest absolute Gasteiger partial charge is 0.444 e. The van der Waals surface area contributed by atoms with E-state index >= 15 is 0 Å². The molecular weight excluding hydrogens is 485 g/mol. The number of nitrogens with two attached hydrogens (primary N) is 1. The third-order valence-corrected chi connectivity index (χ3v) is 6.71. The summed E-state index contributed by atoms with van der Waals surface area (Å²) in [5, 5.41) is 13.3. The number of hydrogen-bond donors (Lipinski definition) is 2. The minimum atomic E-state index is -0.539. The third-order valence-electron chi connectivity index (χ3n) is 6.71. The average molecular weight is 522 g/mol. The summed E-state index contributed by atoms with van der Waals surface area (Å²) in [5.41, 5.74) is 10.2. The van der Waals surface area contributed by atoms with Crippen molar-refractivity contribution in [3.63, 3.8) is 0 Å². The van der Waals surface area contributed by atoms with Crippen LogP contribution in [0.4, 0.5) is 9.18 Å². The predicted octanol–water partition coefficient (Wildman–Crippen LogP) is 5.79. The number of rotatable bonds is 4. The van der Waals surface area contributed by atoms with Crippen molar-refractivity contribution in [2.75, 3.05) is 13.1 Å². The lowest BCUT2D eigenvalue weighted by molar-refractivity contribution is -0.0100. The van der Waals surface area contributed by atoms with Crippen LogP contribution in [0.2, 0.25) is 0 Å². The molecule has 1 aromatic carbocycles. The van der Waals surface area contributed by atoms with Crippen LogP contribution in [0, 0.1) is 11.2 Å². The Bertz CT molecular complexity index is 1240. The summed E-state index contributed by atoms with van der Waals surface area (Å²) in [5.74, 6) is -0.426. The molecule has 1 atom stereocenters. The maximum absolute atomic E-state index is 14.2. The molecule has 8 nitrogen and oxygen atoms in total. The summed E-state index contributed by atoms with van der Waals surface area (Å²) in [6.07, 6.45) is 5.12. The van der Waals surface area contributed by atoms with Crippen LogP contribution in [0.5, 0.6) is 0 Å². The van der Waals surface area contributed by atoms with Gasteiger partial charge in [0.2, 0.25) is 0 Å². The Labute approximate surface area is 223 Å². The smallest absolute Gasteiger partial charge is 0.410 e. The lowest BCUT2D eigenvalue weighted by Gasteiger charge is -2.33. The number of pyridine rings is 1. The molecule has 1 aromatic heterocycles. The molecule has 1 saturated heterocycles. The molecule has 0 bridgehead atoms. The van der Waals surface area contributed by atoms with E-state index < -0.39 is 5.60 Å². The maximum Gasteiger partial charge on any atom is 0.410 e. The van der Waals surface area contributed by atoms with Crippen molar-refractivity contribution < 1.29 is 18.8 Å². The van der Waals surface area contributed by atoms with E-state index in [1.807, 2.05) is 32.9 Å². The molecule has 2 aromatic rings. The second-order valence-corrected chi connectivity index (χ2v) is 10.9. The quantitative estimate of drug-likeness (QED) is 0.495. The van der Waals surface area contributed by atoms with Crippen molar-refractivity contribution in [3.8, 4) is 11.1 Å². The monoisotopic (exact) mass is 521 g/mol. The number of piperidine rings is 1. The van der Waals surface area contributed by atoms with E-state index in [9.17, 15) is 9.18 Å². The van der Waals surface area contributed by atoms with Crippen LogP contribution in [0.25, 0.3) is 11.1 Å². The molecule has 2 heterocycles. The minimum Gasteiger partial charge on any atom is -0.444 e. The molecule has 4 rings (SSSR count). The van der Waals surface area contributed by atoms with E-state index in [-0.39, 0.29) is 23.9 Å². The van der Waals surface area contributed by atoms with Gasteiger partial charge in [0.05, 0.1) is 5.71 Å². The molecule has 1 amide bonds. The Morgan fingerprint density at radius 1 is 1.21 bits per heavy atom. The maximum atomic E-state index is 14.2. The van der Waals surface area contributed by atoms with E-state index in [0.29, 0.717) is 61.5 Å². The van der Waals surface area contributed by atoms with Crippen LogP contribution in [-0.4, -0.2) is 52.2 Å². The highest BCUT2D eigenvalue weighted by atomic mass is 19.1. The van der Waals surface area contributed by atoms with Crippen molar-refractivity contribution in [2.24, 2.45) is 10.9 Å². The summed E-state index contributed by atoms with van der Waals surface area (Å²) in [6, 6.07) is 8.47. The van der Waals surface area contributed by atoms with Gasteiger partial charge in [-0.3, -0.25) is 4.98 Å². The molecule has 38 heavy (non-hydrogen) atoms. The number of allylic oxidation sites excluding steroid dienone is 2. The Morgan fingerprint density at radius 3 is 2.58 bits per heavy atom. The highest BCUT2D eigenvalue weighted by Gasteiger charge is 2.32. The van der Waals surface area contributed by atoms with Crippen molar-refractivity contribution in [1.82, 2.24) is 9.88 Å². The summed E-state index contributed by atoms with van der Waals surface area (Å²) in [7, 11) is 0. The fourth-order valence-electron chi connectivity index (χ4n) is 4.96. The molecule has 2 fully saturated rings. The van der Waals surface area contributed by atoms with Gasteiger partial charge in [-0.25, -0.2) is 9.18 Å². The van der Waals surface area contributed by atoms with E-state index in [0.717, 1.165) is 16.7 Å². The van der Waals surface area contributed by atoms with Gasteiger partial charge in [0.15, 0.2) is 0 Å². The molecule has 202 valence electrons. The molecule has 1 aliphatic carbocycles. The zero-order valence-electron chi connectivity index (χ0n) is 22.5. The van der Waals surface area contributed by atoms with Gasteiger partial charge in [-0.2, -0.15) is 0 Å². The Kier molecular flexibility index (Phi) is 8.14. The number of halogens is 1. The molecule has 3 N–H and O–H groups in total. The Morgan fingerprint density at radius 2 is 1.95 bits per heavy atom. The zero-order valence-corrected chi connectivity index (χ0v) is 22.5. The molecule has 0 spiro atoms. The van der Waals surface area contributed by atoms with Crippen LogP contribution in [0.1, 0.15) is 64.9 Å². The fraction of sp³-hybridized carbons (Fsp3) is 0.448. The number of nitrogens with one attached hydrogen (secondary N) is 1. The van der Waals surface area contributed by atoms with Crippen LogP contribution in [0.15, 0.2) is 59.2 Å². The van der Waals surface area contributed by atoms with E-state index in [2.05, 4.69) is 10.1 Å². The van der Waals surface area contributed by atoms with Gasteiger partial charge < -0.3 is 25.6 Å². The highest BCUT2D eigenvalue weighted by Crippen LogP contribution is 2.38. The average Bonchev–Trinajstić information content (AvgIpc) is 2.86. The zero-order chi connectivity index (χ0) is 27.4. The number of benzene rings is 1. The normalized spacial score (nSPS) is 21.4. The van der Waals surface area contributed by atoms with Crippen LogP contribution < -0.4 is 5.73 Å².